The van der Waals surface area contributed by atoms with Crippen molar-refractivity contribution in [3.05, 3.63) is 53.6 Å². The third-order valence-electron chi connectivity index (χ3n) is 3.06. The minimum Gasteiger partial charge on any atom is -0.361 e. The van der Waals surface area contributed by atoms with E-state index in [4.69, 9.17) is 10.3 Å². The van der Waals surface area contributed by atoms with Crippen LogP contribution in [0.5, 0.6) is 0 Å². The fourth-order valence-corrected chi connectivity index (χ4v) is 2.10. The van der Waals surface area contributed by atoms with Crippen LogP contribution in [-0.2, 0) is 9.53 Å². The number of carbonyl (C=O) groups is 1. The minimum absolute atomic E-state index is 0.222. The highest BCUT2D eigenvalue weighted by Gasteiger charge is 2.46. The van der Waals surface area contributed by atoms with Crippen molar-refractivity contribution >= 4 is 22.8 Å². The topological polar surface area (TPSA) is 66.0 Å². The van der Waals surface area contributed by atoms with Crippen LogP contribution in [0.4, 0.5) is 0 Å². The van der Waals surface area contributed by atoms with E-state index in [-0.39, 0.29) is 11.9 Å². The Bertz CT molecular complexity index is 674. The molecule has 4 nitrogen and oxygen atoms in total. The molecule has 88 valence electrons. The zero-order chi connectivity index (χ0) is 12.5. The van der Waals surface area contributed by atoms with Gasteiger partial charge in [-0.2, -0.15) is 4.79 Å². The van der Waals surface area contributed by atoms with Gasteiger partial charge in [-0.25, -0.2) is 0 Å². The molecule has 1 heterocycles. The maximum absolute atomic E-state index is 11.4. The molecule has 0 saturated carbocycles. The number of rotatable bonds is 3. The van der Waals surface area contributed by atoms with Crippen molar-refractivity contribution in [2.75, 3.05) is 0 Å². The average molecular weight is 238 g/mol. The summed E-state index contributed by atoms with van der Waals surface area (Å²) in [7, 11) is 0. The van der Waals surface area contributed by atoms with Gasteiger partial charge in [0.2, 0.25) is 0 Å². The van der Waals surface area contributed by atoms with Crippen molar-refractivity contribution in [3.8, 4) is 0 Å². The van der Waals surface area contributed by atoms with Gasteiger partial charge in [0.05, 0.1) is 0 Å². The molecule has 18 heavy (non-hydrogen) atoms. The summed E-state index contributed by atoms with van der Waals surface area (Å²) >= 11 is 0. The third-order valence-corrected chi connectivity index (χ3v) is 3.06. The SMILES string of the molecule is [N-]=[N+]=CC(=O)[C@@H]1O[C@H]1c1ccc2ccccc2c1. The molecule has 2 aromatic rings. The number of ether oxygens (including phenoxy) is 1. The fourth-order valence-electron chi connectivity index (χ4n) is 2.10. The summed E-state index contributed by atoms with van der Waals surface area (Å²) < 4.78 is 5.31. The summed E-state index contributed by atoms with van der Waals surface area (Å²) in [5.74, 6) is -0.310. The molecule has 1 saturated heterocycles. The predicted octanol–water partition coefficient (Wildman–Crippen LogP) is 2.15. The van der Waals surface area contributed by atoms with E-state index in [0.717, 1.165) is 22.6 Å². The van der Waals surface area contributed by atoms with E-state index in [1.54, 1.807) is 0 Å². The van der Waals surface area contributed by atoms with Crippen molar-refractivity contribution < 1.29 is 14.3 Å². The first kappa shape index (κ1) is 10.8. The van der Waals surface area contributed by atoms with Crippen LogP contribution < -0.4 is 0 Å². The molecule has 0 bridgehead atoms. The number of ketones is 1. The number of nitrogens with zero attached hydrogens (tertiary/aromatic N) is 2. The van der Waals surface area contributed by atoms with Crippen LogP contribution in [0, 0.1) is 0 Å². The highest BCUT2D eigenvalue weighted by atomic mass is 16.6. The van der Waals surface area contributed by atoms with Crippen molar-refractivity contribution in [1.82, 2.24) is 0 Å². The van der Waals surface area contributed by atoms with Gasteiger partial charge < -0.3 is 10.3 Å². The number of hydrogen-bond acceptors (Lipinski definition) is 2. The number of fused-ring (bicyclic) bond motifs is 1. The van der Waals surface area contributed by atoms with Crippen LogP contribution in [-0.4, -0.2) is 22.9 Å². The summed E-state index contributed by atoms with van der Waals surface area (Å²) in [6.45, 7) is 0. The molecule has 3 rings (SSSR count). The summed E-state index contributed by atoms with van der Waals surface area (Å²) in [4.78, 5) is 14.1. The molecule has 0 amide bonds. The highest BCUT2D eigenvalue weighted by molar-refractivity contribution is 6.28. The van der Waals surface area contributed by atoms with E-state index in [1.807, 2.05) is 42.5 Å². The molecule has 0 aliphatic carbocycles. The molecule has 4 heteroatoms. The number of Topliss-reactive ketones (excluding diaryl/α,β-unsaturated/α-hetero) is 1. The smallest absolute Gasteiger partial charge is 0.326 e. The lowest BCUT2D eigenvalue weighted by atomic mass is 10.0. The normalized spacial score (nSPS) is 21.3. The summed E-state index contributed by atoms with van der Waals surface area (Å²) in [6, 6.07) is 14.0. The predicted molar refractivity (Wildman–Crippen MR) is 66.3 cm³/mol. The van der Waals surface area contributed by atoms with Gasteiger partial charge in [-0.05, 0) is 22.4 Å². The lowest BCUT2D eigenvalue weighted by molar-refractivity contribution is -0.117. The molecule has 0 aromatic heterocycles. The first-order valence-corrected chi connectivity index (χ1v) is 5.65. The molecule has 1 aliphatic rings. The third kappa shape index (κ3) is 1.84. The molecule has 2 aromatic carbocycles. The number of epoxide rings is 1. The molecule has 1 fully saturated rings. The van der Waals surface area contributed by atoms with E-state index in [9.17, 15) is 4.79 Å². The Hall–Kier alpha value is -2.29. The number of benzene rings is 2. The highest BCUT2D eigenvalue weighted by Crippen LogP contribution is 2.39. The van der Waals surface area contributed by atoms with E-state index >= 15 is 0 Å². The van der Waals surface area contributed by atoms with Gasteiger partial charge in [0.25, 0.3) is 5.78 Å². The molecular weight excluding hydrogens is 228 g/mol. The van der Waals surface area contributed by atoms with Gasteiger partial charge in [0, 0.05) is 0 Å². The van der Waals surface area contributed by atoms with E-state index in [0.29, 0.717) is 0 Å². The molecular formula is C14H10N2O2. The van der Waals surface area contributed by atoms with Crippen LogP contribution in [0.2, 0.25) is 0 Å². The largest absolute Gasteiger partial charge is 0.361 e. The van der Waals surface area contributed by atoms with Gasteiger partial charge in [0.15, 0.2) is 6.10 Å². The second kappa shape index (κ2) is 4.18. The summed E-state index contributed by atoms with van der Waals surface area (Å²) in [5, 5.41) is 2.27. The molecule has 0 N–H and O–H groups in total. The lowest BCUT2D eigenvalue weighted by Crippen LogP contribution is -2.09. The van der Waals surface area contributed by atoms with Crippen LogP contribution in [0.25, 0.3) is 16.3 Å². The zero-order valence-corrected chi connectivity index (χ0v) is 9.48. The zero-order valence-electron chi connectivity index (χ0n) is 9.48. The molecule has 0 spiro atoms. The van der Waals surface area contributed by atoms with E-state index < -0.39 is 6.10 Å². The maximum Gasteiger partial charge on any atom is 0.326 e. The second-order valence-corrected chi connectivity index (χ2v) is 4.23. The molecule has 0 unspecified atom stereocenters. The van der Waals surface area contributed by atoms with Gasteiger partial charge in [-0.3, -0.25) is 4.79 Å². The van der Waals surface area contributed by atoms with Gasteiger partial charge in [-0.1, -0.05) is 36.4 Å². The quantitative estimate of drug-likeness (QED) is 0.356. The van der Waals surface area contributed by atoms with Crippen LogP contribution >= 0.6 is 0 Å². The Kier molecular flexibility index (Phi) is 2.52. The van der Waals surface area contributed by atoms with Crippen LogP contribution in [0.15, 0.2) is 42.5 Å². The van der Waals surface area contributed by atoms with Crippen molar-refractivity contribution in [2.24, 2.45) is 0 Å². The monoisotopic (exact) mass is 238 g/mol. The molecule has 0 radical (unpaired) electrons. The van der Waals surface area contributed by atoms with Gasteiger partial charge in [-0.15, -0.1) is 0 Å². The maximum atomic E-state index is 11.4. The number of carbonyl (C=O) groups excluding carboxylic acids is 1. The Labute approximate surface area is 103 Å². The van der Waals surface area contributed by atoms with E-state index in [2.05, 4.69) is 4.79 Å². The van der Waals surface area contributed by atoms with E-state index in [1.165, 1.54) is 0 Å². The number of hydrogen-bond donors (Lipinski definition) is 0. The Morgan fingerprint density at radius 3 is 2.78 bits per heavy atom. The Morgan fingerprint density at radius 2 is 2.00 bits per heavy atom. The first-order valence-electron chi connectivity index (χ1n) is 5.65. The summed E-state index contributed by atoms with van der Waals surface area (Å²) in [5.41, 5.74) is 9.28. The Balaban J connectivity index is 1.88. The van der Waals surface area contributed by atoms with Crippen LogP contribution in [0.1, 0.15) is 11.7 Å². The Morgan fingerprint density at radius 1 is 1.22 bits per heavy atom. The average Bonchev–Trinajstić information content (AvgIpc) is 3.19. The van der Waals surface area contributed by atoms with Crippen LogP contribution in [0.3, 0.4) is 0 Å². The first-order chi connectivity index (χ1) is 8.79. The van der Waals surface area contributed by atoms with Gasteiger partial charge >= 0.3 is 6.21 Å². The lowest BCUT2D eigenvalue weighted by Gasteiger charge is -2.00. The second-order valence-electron chi connectivity index (χ2n) is 4.23. The van der Waals surface area contributed by atoms with Crippen molar-refractivity contribution in [3.63, 3.8) is 0 Å². The van der Waals surface area contributed by atoms with Crippen molar-refractivity contribution in [2.45, 2.75) is 12.2 Å². The fraction of sp³-hybridized carbons (Fsp3) is 0.143. The van der Waals surface area contributed by atoms with Gasteiger partial charge in [0.1, 0.15) is 6.10 Å². The summed E-state index contributed by atoms with van der Waals surface area (Å²) in [6.07, 6.45) is 0.147. The standard InChI is InChI=1S/C14H10N2O2/c15-16-8-12(17)14-13(18-14)11-6-5-9-3-1-2-4-10(9)7-11/h1-8,13-14H/t13-,14-/m0/s1. The van der Waals surface area contributed by atoms with Crippen molar-refractivity contribution in [1.29, 1.82) is 0 Å². The minimum atomic E-state index is -0.512. The molecule has 1 aliphatic heterocycles. The molecule has 2 atom stereocenters.